The van der Waals surface area contributed by atoms with Crippen LogP contribution in [0.25, 0.3) is 58.8 Å². The number of fused-ring (bicyclic) bond motifs is 6. The Labute approximate surface area is 201 Å². The molecule has 0 saturated carbocycles. The highest BCUT2D eigenvalue weighted by Crippen LogP contribution is 2.41. The summed E-state index contributed by atoms with van der Waals surface area (Å²) in [7, 11) is 0. The molecule has 0 atom stereocenters. The lowest BCUT2D eigenvalue weighted by molar-refractivity contribution is 1.09. The molecule has 2 heterocycles. The van der Waals surface area contributed by atoms with Crippen molar-refractivity contribution in [3.8, 4) is 16.8 Å². The summed E-state index contributed by atoms with van der Waals surface area (Å²) in [6.45, 7) is 0.523. The summed E-state index contributed by atoms with van der Waals surface area (Å²) in [5.74, 6) is 0. The quantitative estimate of drug-likeness (QED) is 0.286. The van der Waals surface area contributed by atoms with Gasteiger partial charge in [-0.05, 0) is 47.5 Å². The Morgan fingerprint density at radius 3 is 1.97 bits per heavy atom. The molecule has 2 aromatic heterocycles. The van der Waals surface area contributed by atoms with Crippen LogP contribution in [-0.2, 0) is 6.54 Å². The molecule has 0 aliphatic rings. The minimum atomic E-state index is 0.523. The van der Waals surface area contributed by atoms with Crippen molar-refractivity contribution in [3.05, 3.63) is 115 Å². The third-order valence-electron chi connectivity index (χ3n) is 6.81. The summed E-state index contributed by atoms with van der Waals surface area (Å²) in [6, 6.07) is 39.3. The number of rotatable bonds is 3. The lowest BCUT2D eigenvalue weighted by atomic mass is 9.98. The number of nitrogens with two attached hydrogens (primary N) is 1. The standard InChI is InChI=1S/C31H22N2S/c32-19-21-17-20(18-26-25-12-4-8-16-30(25)34-31(21)26)22-9-1-5-13-27(22)33-28-14-6-2-10-23(28)24-11-3-7-15-29(24)33/h1-18H,19,32H2. The molecule has 0 amide bonds. The zero-order valence-corrected chi connectivity index (χ0v) is 19.3. The van der Waals surface area contributed by atoms with Crippen LogP contribution in [0.15, 0.2) is 109 Å². The molecule has 5 aromatic carbocycles. The lowest BCUT2D eigenvalue weighted by Crippen LogP contribution is -1.99. The minimum absolute atomic E-state index is 0.523. The van der Waals surface area contributed by atoms with E-state index in [2.05, 4.69) is 114 Å². The molecule has 34 heavy (non-hydrogen) atoms. The molecular formula is C31H22N2S. The average Bonchev–Trinajstić information content (AvgIpc) is 3.44. The Bertz CT molecular complexity index is 1800. The Kier molecular flexibility index (Phi) is 4.34. The van der Waals surface area contributed by atoms with Crippen molar-refractivity contribution in [1.82, 2.24) is 4.57 Å². The van der Waals surface area contributed by atoms with Crippen LogP contribution < -0.4 is 5.73 Å². The van der Waals surface area contributed by atoms with Crippen LogP contribution in [0.2, 0.25) is 0 Å². The van der Waals surface area contributed by atoms with E-state index in [0.717, 1.165) is 0 Å². The molecule has 0 spiro atoms. The van der Waals surface area contributed by atoms with Crippen molar-refractivity contribution in [1.29, 1.82) is 0 Å². The zero-order valence-electron chi connectivity index (χ0n) is 18.5. The molecule has 0 fully saturated rings. The van der Waals surface area contributed by atoms with E-state index in [1.165, 1.54) is 64.4 Å². The van der Waals surface area contributed by atoms with Crippen LogP contribution in [-0.4, -0.2) is 4.57 Å². The first-order chi connectivity index (χ1) is 16.8. The molecule has 0 unspecified atom stereocenters. The highest BCUT2D eigenvalue weighted by atomic mass is 32.1. The summed E-state index contributed by atoms with van der Waals surface area (Å²) in [5.41, 5.74) is 13.5. The average molecular weight is 455 g/mol. The SMILES string of the molecule is NCc1cc(-c2ccccc2-n2c3ccccc3c3ccccc32)cc2c1sc1ccccc12. The summed E-state index contributed by atoms with van der Waals surface area (Å²) < 4.78 is 5.00. The Morgan fingerprint density at radius 2 is 1.24 bits per heavy atom. The van der Waals surface area contributed by atoms with Gasteiger partial charge in [-0.25, -0.2) is 0 Å². The van der Waals surface area contributed by atoms with Gasteiger partial charge in [-0.15, -0.1) is 11.3 Å². The predicted octanol–water partition coefficient (Wildman–Crippen LogP) is 8.28. The van der Waals surface area contributed by atoms with Crippen LogP contribution in [0.3, 0.4) is 0 Å². The van der Waals surface area contributed by atoms with Crippen LogP contribution in [0.1, 0.15) is 5.56 Å². The fourth-order valence-electron chi connectivity index (χ4n) is 5.30. The van der Waals surface area contributed by atoms with E-state index >= 15 is 0 Å². The molecule has 2 N–H and O–H groups in total. The number of hydrogen-bond acceptors (Lipinski definition) is 2. The second-order valence-electron chi connectivity index (χ2n) is 8.70. The second kappa shape index (κ2) is 7.56. The van der Waals surface area contributed by atoms with Gasteiger partial charge in [-0.3, -0.25) is 0 Å². The molecule has 0 bridgehead atoms. The number of para-hydroxylation sites is 3. The molecule has 2 nitrogen and oxygen atoms in total. The van der Waals surface area contributed by atoms with Crippen molar-refractivity contribution >= 4 is 53.3 Å². The molecule has 0 aliphatic carbocycles. The van der Waals surface area contributed by atoms with E-state index in [-0.39, 0.29) is 0 Å². The van der Waals surface area contributed by atoms with Gasteiger partial charge in [0, 0.05) is 43.1 Å². The second-order valence-corrected chi connectivity index (χ2v) is 9.75. The number of benzene rings is 5. The highest BCUT2D eigenvalue weighted by molar-refractivity contribution is 7.26. The first-order valence-electron chi connectivity index (χ1n) is 11.6. The van der Waals surface area contributed by atoms with Crippen molar-refractivity contribution in [2.24, 2.45) is 5.73 Å². The third kappa shape index (κ3) is 2.78. The molecular weight excluding hydrogens is 432 g/mol. The Balaban J connectivity index is 1.57. The van der Waals surface area contributed by atoms with Crippen LogP contribution in [0, 0.1) is 0 Å². The topological polar surface area (TPSA) is 30.9 Å². The number of aromatic nitrogens is 1. The maximum atomic E-state index is 6.27. The zero-order chi connectivity index (χ0) is 22.6. The molecule has 3 heteroatoms. The first-order valence-corrected chi connectivity index (χ1v) is 12.4. The van der Waals surface area contributed by atoms with Crippen molar-refractivity contribution in [2.75, 3.05) is 0 Å². The monoisotopic (exact) mass is 454 g/mol. The van der Waals surface area contributed by atoms with Gasteiger partial charge >= 0.3 is 0 Å². The minimum Gasteiger partial charge on any atom is -0.326 e. The van der Waals surface area contributed by atoms with Gasteiger partial charge in [-0.1, -0.05) is 72.8 Å². The van der Waals surface area contributed by atoms with E-state index in [9.17, 15) is 0 Å². The maximum absolute atomic E-state index is 6.27. The summed E-state index contributed by atoms with van der Waals surface area (Å²) in [5, 5.41) is 5.13. The van der Waals surface area contributed by atoms with E-state index in [0.29, 0.717) is 6.54 Å². The maximum Gasteiger partial charge on any atom is 0.0541 e. The van der Waals surface area contributed by atoms with E-state index in [4.69, 9.17) is 5.73 Å². The summed E-state index contributed by atoms with van der Waals surface area (Å²) in [6.07, 6.45) is 0. The van der Waals surface area contributed by atoms with Gasteiger partial charge in [0.05, 0.1) is 16.7 Å². The smallest absolute Gasteiger partial charge is 0.0541 e. The van der Waals surface area contributed by atoms with E-state index < -0.39 is 0 Å². The van der Waals surface area contributed by atoms with Crippen molar-refractivity contribution < 1.29 is 0 Å². The fraction of sp³-hybridized carbons (Fsp3) is 0.0323. The number of nitrogens with zero attached hydrogens (tertiary/aromatic N) is 1. The fourth-order valence-corrected chi connectivity index (χ4v) is 6.51. The van der Waals surface area contributed by atoms with Gasteiger partial charge in [-0.2, -0.15) is 0 Å². The van der Waals surface area contributed by atoms with Crippen LogP contribution in [0.5, 0.6) is 0 Å². The first kappa shape index (κ1) is 19.5. The van der Waals surface area contributed by atoms with Crippen LogP contribution in [0.4, 0.5) is 0 Å². The molecule has 7 rings (SSSR count). The van der Waals surface area contributed by atoms with Crippen molar-refractivity contribution in [3.63, 3.8) is 0 Å². The van der Waals surface area contributed by atoms with E-state index in [1.54, 1.807) is 0 Å². The molecule has 162 valence electrons. The number of thiophene rings is 1. The highest BCUT2D eigenvalue weighted by Gasteiger charge is 2.17. The largest absolute Gasteiger partial charge is 0.326 e. The summed E-state index contributed by atoms with van der Waals surface area (Å²) >= 11 is 1.84. The third-order valence-corrected chi connectivity index (χ3v) is 8.07. The van der Waals surface area contributed by atoms with Gasteiger partial charge in [0.25, 0.3) is 0 Å². The lowest BCUT2D eigenvalue weighted by Gasteiger charge is -2.15. The molecule has 0 aliphatic heterocycles. The van der Waals surface area contributed by atoms with Gasteiger partial charge in [0.1, 0.15) is 0 Å². The van der Waals surface area contributed by atoms with Gasteiger partial charge in [0.15, 0.2) is 0 Å². The molecule has 0 saturated heterocycles. The predicted molar refractivity (Wildman–Crippen MR) is 147 cm³/mol. The van der Waals surface area contributed by atoms with Crippen LogP contribution >= 0.6 is 11.3 Å². The van der Waals surface area contributed by atoms with Gasteiger partial charge < -0.3 is 10.3 Å². The Hall–Kier alpha value is -3.92. The normalized spacial score (nSPS) is 11.8. The van der Waals surface area contributed by atoms with E-state index in [1.807, 2.05) is 11.3 Å². The molecule has 7 aromatic rings. The summed E-state index contributed by atoms with van der Waals surface area (Å²) in [4.78, 5) is 0. The van der Waals surface area contributed by atoms with Crippen molar-refractivity contribution in [2.45, 2.75) is 6.54 Å². The molecule has 0 radical (unpaired) electrons. The number of hydrogen-bond donors (Lipinski definition) is 1. The van der Waals surface area contributed by atoms with Gasteiger partial charge in [0.2, 0.25) is 0 Å². The Morgan fingerprint density at radius 1 is 0.618 bits per heavy atom.